The summed E-state index contributed by atoms with van der Waals surface area (Å²) in [5.74, 6) is 0.612. The van der Waals surface area contributed by atoms with E-state index in [9.17, 15) is 4.79 Å². The normalized spacial score (nSPS) is 12.9. The Hall–Kier alpha value is -0.610. The smallest absolute Gasteiger partial charge is 0.236 e. The molecule has 0 heterocycles. The summed E-state index contributed by atoms with van der Waals surface area (Å²) in [4.78, 5) is 11.1. The lowest BCUT2D eigenvalue weighted by Crippen LogP contribution is -2.41. The average molecular weight is 216 g/mol. The van der Waals surface area contributed by atoms with Gasteiger partial charge in [0.25, 0.3) is 0 Å². The number of nitrogens with one attached hydrogen (secondary N) is 2. The summed E-state index contributed by atoms with van der Waals surface area (Å²) in [7, 11) is 1.65. The van der Waals surface area contributed by atoms with Crippen molar-refractivity contribution in [1.29, 1.82) is 0 Å². The molecular weight excluding hydrogens is 192 g/mol. The predicted octanol–water partition coefficient (Wildman–Crippen LogP) is 0.773. The Kier molecular flexibility index (Phi) is 8.33. The molecule has 0 aliphatic heterocycles. The summed E-state index contributed by atoms with van der Waals surface area (Å²) in [6.07, 6.45) is 0.939. The fourth-order valence-electron chi connectivity index (χ4n) is 1.12. The summed E-state index contributed by atoms with van der Waals surface area (Å²) in [6, 6.07) is -0.125. The van der Waals surface area contributed by atoms with Crippen LogP contribution in [0.1, 0.15) is 27.2 Å². The van der Waals surface area contributed by atoms with Crippen molar-refractivity contribution in [3.8, 4) is 0 Å². The predicted molar refractivity (Wildman–Crippen MR) is 61.8 cm³/mol. The van der Waals surface area contributed by atoms with Gasteiger partial charge in [0.1, 0.15) is 0 Å². The first-order chi connectivity index (χ1) is 7.07. The summed E-state index contributed by atoms with van der Waals surface area (Å²) < 4.78 is 5.42. The van der Waals surface area contributed by atoms with Crippen LogP contribution >= 0.6 is 0 Å². The number of rotatable bonds is 8. The van der Waals surface area contributed by atoms with Crippen LogP contribution in [0.25, 0.3) is 0 Å². The van der Waals surface area contributed by atoms with Crippen LogP contribution in [0, 0.1) is 5.92 Å². The molecular formula is C11H24N2O2. The molecule has 0 fully saturated rings. The fraction of sp³-hybridized carbons (Fsp3) is 0.909. The van der Waals surface area contributed by atoms with Gasteiger partial charge in [-0.3, -0.25) is 4.79 Å². The molecule has 90 valence electrons. The van der Waals surface area contributed by atoms with E-state index < -0.39 is 0 Å². The van der Waals surface area contributed by atoms with Crippen LogP contribution in [0.15, 0.2) is 0 Å². The van der Waals surface area contributed by atoms with Gasteiger partial charge in [-0.05, 0) is 25.8 Å². The molecule has 0 rings (SSSR count). The van der Waals surface area contributed by atoms with Gasteiger partial charge >= 0.3 is 0 Å². The van der Waals surface area contributed by atoms with E-state index >= 15 is 0 Å². The average Bonchev–Trinajstić information content (AvgIpc) is 2.21. The van der Waals surface area contributed by atoms with Gasteiger partial charge in [-0.2, -0.15) is 0 Å². The van der Waals surface area contributed by atoms with Gasteiger partial charge in [0.05, 0.1) is 6.04 Å². The maximum atomic E-state index is 11.1. The summed E-state index contributed by atoms with van der Waals surface area (Å²) in [6.45, 7) is 8.49. The minimum atomic E-state index is -0.125. The third-order valence-corrected chi connectivity index (χ3v) is 2.01. The van der Waals surface area contributed by atoms with Crippen LogP contribution in [-0.2, 0) is 9.53 Å². The third kappa shape index (κ3) is 8.39. The van der Waals surface area contributed by atoms with Gasteiger partial charge < -0.3 is 15.4 Å². The van der Waals surface area contributed by atoms with Gasteiger partial charge in [0.2, 0.25) is 5.91 Å². The summed E-state index contributed by atoms with van der Waals surface area (Å²) >= 11 is 0. The van der Waals surface area contributed by atoms with Gasteiger partial charge in [0.15, 0.2) is 0 Å². The molecule has 0 radical (unpaired) electrons. The largest absolute Gasteiger partial charge is 0.381 e. The van der Waals surface area contributed by atoms with Crippen molar-refractivity contribution in [2.24, 2.45) is 5.92 Å². The van der Waals surface area contributed by atoms with Crippen LogP contribution in [0.4, 0.5) is 0 Å². The van der Waals surface area contributed by atoms with E-state index in [1.807, 2.05) is 6.92 Å². The Morgan fingerprint density at radius 2 is 2.00 bits per heavy atom. The highest BCUT2D eigenvalue weighted by atomic mass is 16.5. The minimum Gasteiger partial charge on any atom is -0.381 e. The highest BCUT2D eigenvalue weighted by molar-refractivity contribution is 5.80. The van der Waals surface area contributed by atoms with Crippen molar-refractivity contribution in [2.75, 3.05) is 26.8 Å². The zero-order chi connectivity index (χ0) is 11.7. The van der Waals surface area contributed by atoms with Crippen molar-refractivity contribution < 1.29 is 9.53 Å². The van der Waals surface area contributed by atoms with E-state index in [2.05, 4.69) is 24.5 Å². The standard InChI is InChI=1S/C11H24N2O2/c1-9(2)8-15-7-5-6-13-10(3)11(14)12-4/h9-10,13H,5-8H2,1-4H3,(H,12,14). The Balaban J connectivity index is 3.27. The SMILES string of the molecule is CNC(=O)C(C)NCCCOCC(C)C. The number of carbonyl (C=O) groups excluding carboxylic acids is 1. The zero-order valence-electron chi connectivity index (χ0n) is 10.3. The maximum Gasteiger partial charge on any atom is 0.236 e. The molecule has 1 atom stereocenters. The molecule has 4 nitrogen and oxygen atoms in total. The molecule has 0 aromatic carbocycles. The summed E-state index contributed by atoms with van der Waals surface area (Å²) in [5.41, 5.74) is 0. The number of hydrogen-bond donors (Lipinski definition) is 2. The second kappa shape index (κ2) is 8.68. The second-order valence-corrected chi connectivity index (χ2v) is 4.11. The van der Waals surface area contributed by atoms with Gasteiger partial charge in [-0.25, -0.2) is 0 Å². The Labute approximate surface area is 92.8 Å². The van der Waals surface area contributed by atoms with Gasteiger partial charge in [0, 0.05) is 20.3 Å². The van der Waals surface area contributed by atoms with Crippen molar-refractivity contribution in [3.63, 3.8) is 0 Å². The molecule has 0 aromatic heterocycles. The van der Waals surface area contributed by atoms with Crippen molar-refractivity contribution >= 4 is 5.91 Å². The number of carbonyl (C=O) groups is 1. The van der Waals surface area contributed by atoms with Crippen LogP contribution in [-0.4, -0.2) is 38.8 Å². The summed E-state index contributed by atoms with van der Waals surface area (Å²) in [5, 5.41) is 5.73. The van der Waals surface area contributed by atoms with Crippen LogP contribution in [0.3, 0.4) is 0 Å². The lowest BCUT2D eigenvalue weighted by Gasteiger charge is -2.12. The first kappa shape index (κ1) is 14.4. The van der Waals surface area contributed by atoms with E-state index in [0.29, 0.717) is 5.92 Å². The molecule has 0 aromatic rings. The van der Waals surface area contributed by atoms with Crippen molar-refractivity contribution in [2.45, 2.75) is 33.2 Å². The monoisotopic (exact) mass is 216 g/mol. The number of hydrogen-bond acceptors (Lipinski definition) is 3. The molecule has 4 heteroatoms. The van der Waals surface area contributed by atoms with Gasteiger partial charge in [-0.15, -0.1) is 0 Å². The van der Waals surface area contributed by atoms with Crippen LogP contribution in [0.2, 0.25) is 0 Å². The molecule has 0 spiro atoms. The van der Waals surface area contributed by atoms with Crippen molar-refractivity contribution in [3.05, 3.63) is 0 Å². The molecule has 1 amide bonds. The molecule has 1 unspecified atom stereocenters. The number of likely N-dealkylation sites (N-methyl/N-ethyl adjacent to an activating group) is 1. The molecule has 2 N–H and O–H groups in total. The van der Waals surface area contributed by atoms with E-state index in [1.165, 1.54) is 0 Å². The molecule has 0 saturated heterocycles. The quantitative estimate of drug-likeness (QED) is 0.589. The van der Waals surface area contributed by atoms with E-state index in [1.54, 1.807) is 7.05 Å². The Morgan fingerprint density at radius 3 is 2.53 bits per heavy atom. The van der Waals surface area contributed by atoms with Gasteiger partial charge in [-0.1, -0.05) is 13.8 Å². The highest BCUT2D eigenvalue weighted by Gasteiger charge is 2.08. The topological polar surface area (TPSA) is 50.4 Å². The zero-order valence-corrected chi connectivity index (χ0v) is 10.3. The molecule has 0 aliphatic rings. The maximum absolute atomic E-state index is 11.1. The third-order valence-electron chi connectivity index (χ3n) is 2.01. The Bertz CT molecular complexity index is 172. The van der Waals surface area contributed by atoms with Crippen LogP contribution in [0.5, 0.6) is 0 Å². The lowest BCUT2D eigenvalue weighted by atomic mass is 10.2. The fourth-order valence-corrected chi connectivity index (χ4v) is 1.12. The second-order valence-electron chi connectivity index (χ2n) is 4.11. The minimum absolute atomic E-state index is 0.0260. The van der Waals surface area contributed by atoms with E-state index in [4.69, 9.17) is 4.74 Å². The number of ether oxygens (including phenoxy) is 1. The first-order valence-electron chi connectivity index (χ1n) is 5.60. The first-order valence-corrected chi connectivity index (χ1v) is 5.60. The Morgan fingerprint density at radius 1 is 1.33 bits per heavy atom. The van der Waals surface area contributed by atoms with E-state index in [0.717, 1.165) is 26.2 Å². The highest BCUT2D eigenvalue weighted by Crippen LogP contribution is 1.93. The van der Waals surface area contributed by atoms with E-state index in [-0.39, 0.29) is 11.9 Å². The molecule has 0 saturated carbocycles. The lowest BCUT2D eigenvalue weighted by molar-refractivity contribution is -0.122. The number of amides is 1. The van der Waals surface area contributed by atoms with Crippen LogP contribution < -0.4 is 10.6 Å². The molecule has 0 aliphatic carbocycles. The van der Waals surface area contributed by atoms with Crippen molar-refractivity contribution in [1.82, 2.24) is 10.6 Å². The molecule has 15 heavy (non-hydrogen) atoms. The molecule has 0 bridgehead atoms.